The molecule has 1 aliphatic carbocycles. The Kier molecular flexibility index (Phi) is 8.90. The van der Waals surface area contributed by atoms with Crippen molar-refractivity contribution in [3.05, 3.63) is 45.7 Å². The molecule has 0 spiro atoms. The fourth-order valence-corrected chi connectivity index (χ4v) is 4.86. The van der Waals surface area contributed by atoms with Crippen molar-refractivity contribution in [2.75, 3.05) is 26.2 Å². The molecular formula is C25H38N4OS. The van der Waals surface area contributed by atoms with Gasteiger partial charge in [-0.25, -0.2) is 0 Å². The van der Waals surface area contributed by atoms with Crippen LogP contribution in [0, 0.1) is 0 Å². The number of benzene rings is 1. The third-order valence-corrected chi connectivity index (χ3v) is 6.96. The second-order valence-corrected chi connectivity index (χ2v) is 8.96. The Bertz CT molecular complexity index is 915. The lowest BCUT2D eigenvalue weighted by molar-refractivity contribution is 0.291. The first-order valence-corrected chi connectivity index (χ1v) is 12.4. The Labute approximate surface area is 192 Å². The summed E-state index contributed by atoms with van der Waals surface area (Å²) in [6, 6.07) is 8.74. The van der Waals surface area contributed by atoms with Gasteiger partial charge >= 0.3 is 0 Å². The van der Waals surface area contributed by atoms with Gasteiger partial charge in [0.05, 0.1) is 6.54 Å². The Balaban J connectivity index is 1.72. The minimum atomic E-state index is -0.0101. The summed E-state index contributed by atoms with van der Waals surface area (Å²) in [7, 11) is 0. The fraction of sp³-hybridized carbons (Fsp3) is 0.600. The molecule has 1 saturated carbocycles. The molecule has 3 rings (SSSR count). The monoisotopic (exact) mass is 442 g/mol. The van der Waals surface area contributed by atoms with Crippen LogP contribution < -0.4 is 10.9 Å². The van der Waals surface area contributed by atoms with Crippen molar-refractivity contribution in [1.82, 2.24) is 20.1 Å². The smallest absolute Gasteiger partial charge is 0.253 e. The van der Waals surface area contributed by atoms with Crippen molar-refractivity contribution in [3.63, 3.8) is 0 Å². The first-order valence-electron chi connectivity index (χ1n) is 12.0. The van der Waals surface area contributed by atoms with Gasteiger partial charge in [0.25, 0.3) is 5.56 Å². The van der Waals surface area contributed by atoms with Crippen LogP contribution in [0.3, 0.4) is 0 Å². The minimum absolute atomic E-state index is 0.0101. The molecule has 0 atom stereocenters. The zero-order valence-corrected chi connectivity index (χ0v) is 20.2. The van der Waals surface area contributed by atoms with Crippen LogP contribution in [0.25, 0.3) is 10.9 Å². The maximum Gasteiger partial charge on any atom is 0.253 e. The van der Waals surface area contributed by atoms with Gasteiger partial charge in [-0.2, -0.15) is 0 Å². The highest BCUT2D eigenvalue weighted by molar-refractivity contribution is 7.80. The van der Waals surface area contributed by atoms with E-state index in [0.29, 0.717) is 12.6 Å². The third kappa shape index (κ3) is 6.30. The predicted molar refractivity (Wildman–Crippen MR) is 135 cm³/mol. The van der Waals surface area contributed by atoms with E-state index in [9.17, 15) is 4.79 Å². The number of hydrogen-bond acceptors (Lipinski definition) is 3. The predicted octanol–water partition coefficient (Wildman–Crippen LogP) is 4.44. The summed E-state index contributed by atoms with van der Waals surface area (Å²) in [5, 5.41) is 5.36. The Morgan fingerprint density at radius 3 is 2.58 bits per heavy atom. The number of aromatic nitrogens is 1. The van der Waals surface area contributed by atoms with E-state index in [-0.39, 0.29) is 5.56 Å². The van der Waals surface area contributed by atoms with Crippen LogP contribution in [0.4, 0.5) is 0 Å². The number of aryl methyl sites for hydroxylation is 1. The zero-order chi connectivity index (χ0) is 22.2. The molecule has 6 heteroatoms. The summed E-state index contributed by atoms with van der Waals surface area (Å²) in [4.78, 5) is 20.6. The van der Waals surface area contributed by atoms with Crippen molar-refractivity contribution >= 4 is 28.2 Å². The van der Waals surface area contributed by atoms with E-state index < -0.39 is 0 Å². The lowest BCUT2D eigenvalue weighted by Gasteiger charge is -2.32. The maximum absolute atomic E-state index is 12.8. The quantitative estimate of drug-likeness (QED) is 0.421. The Hall–Kier alpha value is -1.92. The molecule has 0 unspecified atom stereocenters. The number of fused-ring (bicyclic) bond motifs is 1. The average molecular weight is 443 g/mol. The first kappa shape index (κ1) is 23.7. The molecule has 0 saturated heterocycles. The van der Waals surface area contributed by atoms with Gasteiger partial charge in [0.2, 0.25) is 0 Å². The van der Waals surface area contributed by atoms with Crippen molar-refractivity contribution in [3.8, 4) is 0 Å². The Morgan fingerprint density at radius 1 is 1.16 bits per heavy atom. The largest absolute Gasteiger partial charge is 0.363 e. The molecule has 1 aromatic carbocycles. The van der Waals surface area contributed by atoms with E-state index in [1.165, 1.54) is 18.4 Å². The average Bonchev–Trinajstić information content (AvgIpc) is 3.31. The molecular weight excluding hydrogens is 404 g/mol. The molecule has 2 N–H and O–H groups in total. The highest BCUT2D eigenvalue weighted by Crippen LogP contribution is 2.25. The number of aromatic amines is 1. The highest BCUT2D eigenvalue weighted by Gasteiger charge is 2.25. The van der Waals surface area contributed by atoms with Crippen LogP contribution in [0.2, 0.25) is 0 Å². The van der Waals surface area contributed by atoms with Crippen LogP contribution in [0.5, 0.6) is 0 Å². The van der Waals surface area contributed by atoms with Crippen molar-refractivity contribution in [2.45, 2.75) is 71.9 Å². The molecule has 31 heavy (non-hydrogen) atoms. The second kappa shape index (κ2) is 11.6. The lowest BCUT2D eigenvalue weighted by Crippen LogP contribution is -2.46. The molecule has 1 fully saturated rings. The van der Waals surface area contributed by atoms with Crippen LogP contribution in [0.15, 0.2) is 29.1 Å². The van der Waals surface area contributed by atoms with Gasteiger partial charge in [-0.1, -0.05) is 39.7 Å². The van der Waals surface area contributed by atoms with Gasteiger partial charge in [0, 0.05) is 23.7 Å². The lowest BCUT2D eigenvalue weighted by atomic mass is 10.1. The highest BCUT2D eigenvalue weighted by atomic mass is 32.1. The van der Waals surface area contributed by atoms with Crippen molar-refractivity contribution < 1.29 is 0 Å². The number of rotatable bonds is 10. The van der Waals surface area contributed by atoms with Gasteiger partial charge in [-0.3, -0.25) is 4.79 Å². The van der Waals surface area contributed by atoms with Gasteiger partial charge in [-0.05, 0) is 86.7 Å². The van der Waals surface area contributed by atoms with Crippen LogP contribution >= 0.6 is 12.2 Å². The van der Waals surface area contributed by atoms with Crippen molar-refractivity contribution in [1.29, 1.82) is 0 Å². The topological polar surface area (TPSA) is 51.4 Å². The molecule has 170 valence electrons. The second-order valence-electron chi connectivity index (χ2n) is 8.58. The minimum Gasteiger partial charge on any atom is -0.363 e. The van der Waals surface area contributed by atoms with E-state index >= 15 is 0 Å². The van der Waals surface area contributed by atoms with E-state index in [4.69, 9.17) is 12.2 Å². The van der Waals surface area contributed by atoms with Crippen LogP contribution in [0.1, 0.15) is 64.0 Å². The molecule has 0 aliphatic heterocycles. The fourth-order valence-electron chi connectivity index (χ4n) is 4.54. The molecule has 0 radical (unpaired) electrons. The van der Waals surface area contributed by atoms with Gasteiger partial charge < -0.3 is 20.1 Å². The Morgan fingerprint density at radius 2 is 1.90 bits per heavy atom. The van der Waals surface area contributed by atoms with Crippen LogP contribution in [-0.2, 0) is 13.0 Å². The molecule has 1 aliphatic rings. The summed E-state index contributed by atoms with van der Waals surface area (Å²) in [6.45, 7) is 11.2. The summed E-state index contributed by atoms with van der Waals surface area (Å²) >= 11 is 5.81. The van der Waals surface area contributed by atoms with Crippen LogP contribution in [-0.4, -0.2) is 52.1 Å². The maximum atomic E-state index is 12.8. The van der Waals surface area contributed by atoms with Gasteiger partial charge in [0.15, 0.2) is 5.11 Å². The van der Waals surface area contributed by atoms with E-state index in [1.54, 1.807) is 0 Å². The number of thiocarbonyl (C=S) groups is 1. The van der Waals surface area contributed by atoms with E-state index in [2.05, 4.69) is 59.1 Å². The molecule has 1 heterocycles. The SMILES string of the molecule is CCc1ccc2[nH]c(=O)c(CN(C(=S)NCCCN(CC)CC)C3CCCC3)cc2c1. The standard InChI is InChI=1S/C25H38N4OS/c1-4-19-12-13-23-20(16-19)17-21(24(30)27-23)18-29(22-10-7-8-11-22)25(31)26-14-9-15-28(5-2)6-3/h12-13,16-17,22H,4-11,14-15,18H2,1-3H3,(H,26,31)(H,27,30). The first-order chi connectivity index (χ1) is 15.0. The summed E-state index contributed by atoms with van der Waals surface area (Å²) in [6.07, 6.45) is 6.82. The summed E-state index contributed by atoms with van der Waals surface area (Å²) < 4.78 is 0. The van der Waals surface area contributed by atoms with E-state index in [0.717, 1.165) is 73.4 Å². The van der Waals surface area contributed by atoms with E-state index in [1.807, 2.05) is 6.07 Å². The number of hydrogen-bond donors (Lipinski definition) is 2. The molecule has 5 nitrogen and oxygen atoms in total. The number of nitrogens with one attached hydrogen (secondary N) is 2. The van der Waals surface area contributed by atoms with Gasteiger partial charge in [0.1, 0.15) is 0 Å². The van der Waals surface area contributed by atoms with Gasteiger partial charge in [-0.15, -0.1) is 0 Å². The summed E-state index contributed by atoms with van der Waals surface area (Å²) in [5.74, 6) is 0. The zero-order valence-electron chi connectivity index (χ0n) is 19.4. The molecule has 0 bridgehead atoms. The molecule has 2 aromatic rings. The number of pyridine rings is 1. The number of H-pyrrole nitrogens is 1. The molecule has 0 amide bonds. The molecule has 1 aromatic heterocycles. The normalized spacial score (nSPS) is 14.5. The third-order valence-electron chi connectivity index (χ3n) is 6.58. The number of nitrogens with zero attached hydrogens (tertiary/aromatic N) is 2. The van der Waals surface area contributed by atoms with Crippen molar-refractivity contribution in [2.24, 2.45) is 0 Å². The summed E-state index contributed by atoms with van der Waals surface area (Å²) in [5.41, 5.74) is 2.96.